The van der Waals surface area contributed by atoms with Crippen molar-refractivity contribution in [3.05, 3.63) is 16.0 Å². The number of rotatable bonds is 11. The number of nitrogens with zero attached hydrogens (tertiary/aromatic N) is 1. The van der Waals surface area contributed by atoms with Gasteiger partial charge >= 0.3 is 18.0 Å². The van der Waals surface area contributed by atoms with Gasteiger partial charge in [0.2, 0.25) is 5.91 Å². The Bertz CT molecular complexity index is 935. The number of imide groups is 1. The van der Waals surface area contributed by atoms with Crippen LogP contribution in [0.15, 0.2) is 0 Å². The number of thiophene rings is 1. The van der Waals surface area contributed by atoms with Gasteiger partial charge in [0.25, 0.3) is 5.91 Å². The molecule has 182 valence electrons. The van der Waals surface area contributed by atoms with Crippen LogP contribution >= 0.6 is 11.3 Å². The van der Waals surface area contributed by atoms with E-state index in [1.54, 1.807) is 20.8 Å². The number of carbonyl (C=O) groups excluding carboxylic acids is 5. The summed E-state index contributed by atoms with van der Waals surface area (Å²) < 4.78 is 10.1. The lowest BCUT2D eigenvalue weighted by atomic mass is 9.88. The highest BCUT2D eigenvalue weighted by atomic mass is 32.1. The molecule has 0 aromatic carbocycles. The Morgan fingerprint density at radius 1 is 1.00 bits per heavy atom. The second-order valence-corrected chi connectivity index (χ2v) is 8.67. The summed E-state index contributed by atoms with van der Waals surface area (Å²) in [5, 5.41) is 5.41. The molecule has 0 unspecified atom stereocenters. The molecule has 0 bridgehead atoms. The molecule has 10 nitrogen and oxygen atoms in total. The summed E-state index contributed by atoms with van der Waals surface area (Å²) in [5.41, 5.74) is -0.637. The van der Waals surface area contributed by atoms with E-state index in [9.17, 15) is 24.0 Å². The van der Waals surface area contributed by atoms with Crippen LogP contribution in [0.25, 0.3) is 0 Å². The molecule has 2 rings (SSSR count). The van der Waals surface area contributed by atoms with Crippen LogP contribution in [-0.4, -0.2) is 60.0 Å². The summed E-state index contributed by atoms with van der Waals surface area (Å²) in [6, 6.07) is -0.628. The van der Waals surface area contributed by atoms with Crippen molar-refractivity contribution in [1.29, 1.82) is 0 Å². The van der Waals surface area contributed by atoms with Crippen molar-refractivity contribution in [2.24, 2.45) is 0 Å². The molecule has 0 atom stereocenters. The van der Waals surface area contributed by atoms with Crippen LogP contribution in [0, 0.1) is 6.92 Å². The van der Waals surface area contributed by atoms with Gasteiger partial charge in [-0.3, -0.25) is 14.5 Å². The zero-order valence-corrected chi connectivity index (χ0v) is 20.5. The van der Waals surface area contributed by atoms with Crippen LogP contribution in [0.2, 0.25) is 0 Å². The molecule has 4 amide bonds. The fourth-order valence-electron chi connectivity index (χ4n) is 3.89. The summed E-state index contributed by atoms with van der Waals surface area (Å²) >= 11 is 0.881. The van der Waals surface area contributed by atoms with Crippen molar-refractivity contribution in [3.8, 4) is 0 Å². The van der Waals surface area contributed by atoms with E-state index in [1.165, 1.54) is 0 Å². The molecule has 2 heterocycles. The van der Waals surface area contributed by atoms with E-state index in [0.717, 1.165) is 16.2 Å². The van der Waals surface area contributed by atoms with E-state index in [-0.39, 0.29) is 28.7 Å². The number of esters is 2. The molecule has 1 aromatic heterocycles. The first kappa shape index (κ1) is 26.3. The minimum atomic E-state index is -1.01. The molecule has 1 aliphatic heterocycles. The van der Waals surface area contributed by atoms with Crippen LogP contribution in [0.1, 0.15) is 79.0 Å². The van der Waals surface area contributed by atoms with Crippen LogP contribution in [-0.2, 0) is 19.1 Å². The lowest BCUT2D eigenvalue weighted by Gasteiger charge is -2.25. The number of anilines is 1. The van der Waals surface area contributed by atoms with E-state index in [2.05, 4.69) is 10.6 Å². The minimum absolute atomic E-state index is 0.0433. The third kappa shape index (κ3) is 5.52. The first-order chi connectivity index (χ1) is 15.6. The highest BCUT2D eigenvalue weighted by Crippen LogP contribution is 2.34. The van der Waals surface area contributed by atoms with Gasteiger partial charge in [-0.15, -0.1) is 11.3 Å². The molecule has 0 saturated carbocycles. The first-order valence-corrected chi connectivity index (χ1v) is 11.9. The highest BCUT2D eigenvalue weighted by Gasteiger charge is 2.50. The average molecular weight is 482 g/mol. The molecule has 1 saturated heterocycles. The normalized spacial score (nSPS) is 14.8. The Hall–Kier alpha value is -2.95. The molecular weight excluding hydrogens is 450 g/mol. The molecule has 1 aromatic rings. The van der Waals surface area contributed by atoms with Crippen LogP contribution in [0.4, 0.5) is 9.80 Å². The maximum atomic E-state index is 13.0. The largest absolute Gasteiger partial charge is 0.462 e. The van der Waals surface area contributed by atoms with Crippen molar-refractivity contribution in [2.45, 2.75) is 65.8 Å². The quantitative estimate of drug-likeness (QED) is 0.366. The second kappa shape index (κ2) is 11.3. The third-order valence-corrected chi connectivity index (χ3v) is 6.43. The lowest BCUT2D eigenvalue weighted by molar-refractivity contribution is -0.134. The van der Waals surface area contributed by atoms with Crippen LogP contribution in [0.5, 0.6) is 0 Å². The Kier molecular flexibility index (Phi) is 8.98. The van der Waals surface area contributed by atoms with Gasteiger partial charge in [0.05, 0.1) is 18.8 Å². The Morgan fingerprint density at radius 2 is 1.58 bits per heavy atom. The second-order valence-electron chi connectivity index (χ2n) is 7.65. The van der Waals surface area contributed by atoms with E-state index in [4.69, 9.17) is 9.47 Å². The van der Waals surface area contributed by atoms with Gasteiger partial charge in [-0.25, -0.2) is 14.4 Å². The SMILES string of the molecule is CCCC1(CCC)NC(=O)N(CC(=O)Nc2sc(C(=O)OCC)c(C)c2C(=O)OCC)C1=O. The molecule has 11 heteroatoms. The van der Waals surface area contributed by atoms with E-state index < -0.39 is 41.9 Å². The number of hydrogen-bond donors (Lipinski definition) is 2. The summed E-state index contributed by atoms with van der Waals surface area (Å²) in [6.07, 6.45) is 2.34. The topological polar surface area (TPSA) is 131 Å². The van der Waals surface area contributed by atoms with E-state index in [1.807, 2.05) is 13.8 Å². The van der Waals surface area contributed by atoms with Gasteiger partial charge in [0.15, 0.2) is 0 Å². The van der Waals surface area contributed by atoms with Crippen molar-refractivity contribution >= 4 is 46.1 Å². The number of hydrogen-bond acceptors (Lipinski definition) is 8. The summed E-state index contributed by atoms with van der Waals surface area (Å²) in [4.78, 5) is 64.1. The fraction of sp³-hybridized carbons (Fsp3) is 0.591. The van der Waals surface area contributed by atoms with Crippen molar-refractivity contribution in [1.82, 2.24) is 10.2 Å². The molecule has 0 spiro atoms. The first-order valence-electron chi connectivity index (χ1n) is 11.1. The standard InChI is InChI=1S/C22H31N3O7S/c1-6-10-22(11-7-2)20(29)25(21(30)24-22)12-14(26)23-17-15(18(27)31-8-3)13(5)16(33-17)19(28)32-9-4/h6-12H2,1-5H3,(H,23,26)(H,24,30). The summed E-state index contributed by atoms with van der Waals surface area (Å²) in [6.45, 7) is 8.43. The zero-order chi connectivity index (χ0) is 24.8. The molecule has 1 fully saturated rings. The third-order valence-electron chi connectivity index (χ3n) is 5.24. The molecular formula is C22H31N3O7S. The number of ether oxygens (including phenoxy) is 2. The van der Waals surface area contributed by atoms with Crippen molar-refractivity contribution in [3.63, 3.8) is 0 Å². The summed E-state index contributed by atoms with van der Waals surface area (Å²) in [5.74, 6) is -2.43. The lowest BCUT2D eigenvalue weighted by Crippen LogP contribution is -2.47. The van der Waals surface area contributed by atoms with Crippen molar-refractivity contribution in [2.75, 3.05) is 25.1 Å². The van der Waals surface area contributed by atoms with Crippen molar-refractivity contribution < 1.29 is 33.4 Å². The van der Waals surface area contributed by atoms with Gasteiger partial charge in [0.1, 0.15) is 22.0 Å². The summed E-state index contributed by atoms with van der Waals surface area (Å²) in [7, 11) is 0. The maximum absolute atomic E-state index is 13.0. The monoisotopic (exact) mass is 481 g/mol. The number of nitrogens with one attached hydrogen (secondary N) is 2. The maximum Gasteiger partial charge on any atom is 0.348 e. The predicted octanol–water partition coefficient (Wildman–Crippen LogP) is 3.24. The number of urea groups is 1. The molecule has 33 heavy (non-hydrogen) atoms. The van der Waals surface area contributed by atoms with Gasteiger partial charge < -0.3 is 20.1 Å². The van der Waals surface area contributed by atoms with Crippen LogP contribution in [0.3, 0.4) is 0 Å². The highest BCUT2D eigenvalue weighted by molar-refractivity contribution is 7.18. The van der Waals surface area contributed by atoms with Gasteiger partial charge in [-0.05, 0) is 39.2 Å². The molecule has 0 aliphatic carbocycles. The Labute approximate surface area is 197 Å². The predicted molar refractivity (Wildman–Crippen MR) is 122 cm³/mol. The van der Waals surface area contributed by atoms with Gasteiger partial charge in [0, 0.05) is 0 Å². The van der Waals surface area contributed by atoms with E-state index in [0.29, 0.717) is 31.2 Å². The average Bonchev–Trinajstić information content (AvgIpc) is 3.18. The number of amides is 4. The molecule has 1 aliphatic rings. The van der Waals surface area contributed by atoms with Gasteiger partial charge in [-0.1, -0.05) is 26.7 Å². The van der Waals surface area contributed by atoms with Gasteiger partial charge in [-0.2, -0.15) is 0 Å². The Balaban J connectivity index is 2.28. The number of carbonyl (C=O) groups is 5. The fourth-order valence-corrected chi connectivity index (χ4v) is 4.99. The Morgan fingerprint density at radius 3 is 2.12 bits per heavy atom. The minimum Gasteiger partial charge on any atom is -0.462 e. The zero-order valence-electron chi connectivity index (χ0n) is 19.7. The van der Waals surface area contributed by atoms with Crippen LogP contribution < -0.4 is 10.6 Å². The smallest absolute Gasteiger partial charge is 0.348 e. The van der Waals surface area contributed by atoms with E-state index >= 15 is 0 Å². The molecule has 0 radical (unpaired) electrons. The molecule has 2 N–H and O–H groups in total.